The molecule has 0 saturated heterocycles. The molecule has 0 aliphatic carbocycles. The molecule has 1 rings (SSSR count). The number of Topliss-reactive ketones (excluding diaryl/α,β-unsaturated/α-hetero) is 1. The predicted molar refractivity (Wildman–Crippen MR) is 59.7 cm³/mol. The number of hydrogen-bond acceptors (Lipinski definition) is 1. The highest BCUT2D eigenvalue weighted by atomic mass is 19.1. The molecule has 15 heavy (non-hydrogen) atoms. The molecule has 0 bridgehead atoms. The van der Waals surface area contributed by atoms with Gasteiger partial charge in [0.2, 0.25) is 0 Å². The molecule has 0 aliphatic rings. The van der Waals surface area contributed by atoms with Gasteiger partial charge in [0.05, 0.1) is 0 Å². The molecule has 1 aromatic rings. The van der Waals surface area contributed by atoms with Crippen LogP contribution in [0.3, 0.4) is 0 Å². The summed E-state index contributed by atoms with van der Waals surface area (Å²) in [6, 6.07) is 4.76. The highest BCUT2D eigenvalue weighted by molar-refractivity contribution is 5.97. The standard InChI is InChI=1S/C13H17FO/c1-8(2)11-6-5-10(7-12(11)14)13(15)9(3)4/h5-9H,1-4H3. The lowest BCUT2D eigenvalue weighted by Gasteiger charge is -2.09. The second-order valence-corrected chi connectivity index (χ2v) is 4.41. The van der Waals surface area contributed by atoms with Gasteiger partial charge in [-0.15, -0.1) is 0 Å². The van der Waals surface area contributed by atoms with Crippen molar-refractivity contribution >= 4 is 5.78 Å². The van der Waals surface area contributed by atoms with Gasteiger partial charge in [-0.1, -0.05) is 39.8 Å². The molecule has 2 heteroatoms. The molecule has 0 radical (unpaired) electrons. The quantitative estimate of drug-likeness (QED) is 0.691. The van der Waals surface area contributed by atoms with Crippen LogP contribution in [0.2, 0.25) is 0 Å². The van der Waals surface area contributed by atoms with E-state index in [0.29, 0.717) is 11.1 Å². The fraction of sp³-hybridized carbons (Fsp3) is 0.462. The number of rotatable bonds is 3. The Balaban J connectivity index is 3.07. The van der Waals surface area contributed by atoms with Gasteiger partial charge in [0.15, 0.2) is 5.78 Å². The minimum Gasteiger partial charge on any atom is -0.294 e. The van der Waals surface area contributed by atoms with Crippen molar-refractivity contribution in [2.75, 3.05) is 0 Å². The summed E-state index contributed by atoms with van der Waals surface area (Å²) in [6.45, 7) is 7.50. The van der Waals surface area contributed by atoms with E-state index in [9.17, 15) is 9.18 Å². The van der Waals surface area contributed by atoms with Crippen LogP contribution in [0.5, 0.6) is 0 Å². The number of carbonyl (C=O) groups is 1. The van der Waals surface area contributed by atoms with E-state index in [0.717, 1.165) is 0 Å². The fourth-order valence-corrected chi connectivity index (χ4v) is 1.48. The van der Waals surface area contributed by atoms with Crippen LogP contribution in [-0.4, -0.2) is 5.78 Å². The third kappa shape index (κ3) is 2.65. The highest BCUT2D eigenvalue weighted by Crippen LogP contribution is 2.20. The maximum atomic E-state index is 13.6. The molecule has 0 fully saturated rings. The number of hydrogen-bond donors (Lipinski definition) is 0. The Hall–Kier alpha value is -1.18. The van der Waals surface area contributed by atoms with E-state index >= 15 is 0 Å². The highest BCUT2D eigenvalue weighted by Gasteiger charge is 2.13. The number of halogens is 1. The van der Waals surface area contributed by atoms with Crippen molar-refractivity contribution < 1.29 is 9.18 Å². The van der Waals surface area contributed by atoms with Gasteiger partial charge >= 0.3 is 0 Å². The summed E-state index contributed by atoms with van der Waals surface area (Å²) in [5.41, 5.74) is 1.13. The number of ketones is 1. The summed E-state index contributed by atoms with van der Waals surface area (Å²) in [4.78, 5) is 11.6. The van der Waals surface area contributed by atoms with E-state index in [1.54, 1.807) is 12.1 Å². The Labute approximate surface area is 90.3 Å². The zero-order chi connectivity index (χ0) is 11.6. The van der Waals surface area contributed by atoms with E-state index < -0.39 is 0 Å². The molecule has 82 valence electrons. The second-order valence-electron chi connectivity index (χ2n) is 4.41. The van der Waals surface area contributed by atoms with Gasteiger partial charge in [-0.3, -0.25) is 4.79 Å². The number of carbonyl (C=O) groups excluding carboxylic acids is 1. The molecule has 0 amide bonds. The molecule has 0 spiro atoms. The molecular weight excluding hydrogens is 191 g/mol. The van der Waals surface area contributed by atoms with Crippen molar-refractivity contribution in [3.8, 4) is 0 Å². The summed E-state index contributed by atoms with van der Waals surface area (Å²) >= 11 is 0. The summed E-state index contributed by atoms with van der Waals surface area (Å²) < 4.78 is 13.6. The van der Waals surface area contributed by atoms with Crippen LogP contribution < -0.4 is 0 Å². The summed E-state index contributed by atoms with van der Waals surface area (Å²) in [7, 11) is 0. The first-order valence-corrected chi connectivity index (χ1v) is 5.27. The first kappa shape index (κ1) is 11.9. The second kappa shape index (κ2) is 4.56. The van der Waals surface area contributed by atoms with Crippen LogP contribution in [0.4, 0.5) is 4.39 Å². The molecule has 1 aromatic carbocycles. The lowest BCUT2D eigenvalue weighted by Crippen LogP contribution is -2.08. The largest absolute Gasteiger partial charge is 0.294 e. The minimum atomic E-state index is -0.281. The zero-order valence-corrected chi connectivity index (χ0v) is 9.67. The Morgan fingerprint density at radius 3 is 2.20 bits per heavy atom. The minimum absolute atomic E-state index is 0.00999. The van der Waals surface area contributed by atoms with E-state index in [4.69, 9.17) is 0 Å². The average molecular weight is 208 g/mol. The van der Waals surface area contributed by atoms with Crippen molar-refractivity contribution in [1.29, 1.82) is 0 Å². The number of benzene rings is 1. The Morgan fingerprint density at radius 2 is 1.80 bits per heavy atom. The van der Waals surface area contributed by atoms with E-state index in [-0.39, 0.29) is 23.4 Å². The van der Waals surface area contributed by atoms with Crippen molar-refractivity contribution in [2.24, 2.45) is 5.92 Å². The third-order valence-electron chi connectivity index (χ3n) is 2.43. The van der Waals surface area contributed by atoms with Gasteiger partial charge in [0, 0.05) is 11.5 Å². The van der Waals surface area contributed by atoms with Gasteiger partial charge in [-0.25, -0.2) is 4.39 Å². The molecular formula is C13H17FO. The van der Waals surface area contributed by atoms with Crippen LogP contribution in [0.1, 0.15) is 49.5 Å². The maximum absolute atomic E-state index is 13.6. The van der Waals surface area contributed by atoms with E-state index in [1.165, 1.54) is 6.07 Å². The Bertz CT molecular complexity index is 367. The summed E-state index contributed by atoms with van der Waals surface area (Å²) in [5.74, 6) is -0.233. The van der Waals surface area contributed by atoms with E-state index in [2.05, 4.69) is 0 Å². The molecule has 0 atom stereocenters. The van der Waals surface area contributed by atoms with Crippen molar-refractivity contribution in [2.45, 2.75) is 33.6 Å². The van der Waals surface area contributed by atoms with Crippen LogP contribution in [0, 0.1) is 11.7 Å². The van der Waals surface area contributed by atoms with Gasteiger partial charge in [-0.05, 0) is 17.5 Å². The van der Waals surface area contributed by atoms with Crippen LogP contribution in [0.15, 0.2) is 18.2 Å². The molecule has 0 heterocycles. The first-order valence-electron chi connectivity index (χ1n) is 5.27. The predicted octanol–water partition coefficient (Wildman–Crippen LogP) is 3.79. The lowest BCUT2D eigenvalue weighted by atomic mass is 9.96. The Kier molecular flexibility index (Phi) is 3.61. The normalized spacial score (nSPS) is 11.1. The van der Waals surface area contributed by atoms with Crippen LogP contribution >= 0.6 is 0 Å². The van der Waals surface area contributed by atoms with Gasteiger partial charge in [0.1, 0.15) is 5.82 Å². The fourth-order valence-electron chi connectivity index (χ4n) is 1.48. The smallest absolute Gasteiger partial charge is 0.165 e. The lowest BCUT2D eigenvalue weighted by molar-refractivity contribution is 0.0939. The molecule has 0 N–H and O–H groups in total. The Morgan fingerprint density at radius 1 is 1.20 bits per heavy atom. The van der Waals surface area contributed by atoms with Crippen molar-refractivity contribution in [1.82, 2.24) is 0 Å². The van der Waals surface area contributed by atoms with Crippen LogP contribution in [0.25, 0.3) is 0 Å². The summed E-state index contributed by atoms with van der Waals surface area (Å²) in [5, 5.41) is 0. The topological polar surface area (TPSA) is 17.1 Å². The van der Waals surface area contributed by atoms with E-state index in [1.807, 2.05) is 27.7 Å². The van der Waals surface area contributed by atoms with Gasteiger partial charge in [-0.2, -0.15) is 0 Å². The zero-order valence-electron chi connectivity index (χ0n) is 9.67. The molecule has 0 aliphatic heterocycles. The SMILES string of the molecule is CC(C)C(=O)c1ccc(C(C)C)c(F)c1. The molecule has 1 nitrogen and oxygen atoms in total. The van der Waals surface area contributed by atoms with Gasteiger partial charge < -0.3 is 0 Å². The molecule has 0 saturated carbocycles. The van der Waals surface area contributed by atoms with Crippen LogP contribution in [-0.2, 0) is 0 Å². The molecule has 0 unspecified atom stereocenters. The third-order valence-corrected chi connectivity index (χ3v) is 2.43. The van der Waals surface area contributed by atoms with Crippen molar-refractivity contribution in [3.05, 3.63) is 35.1 Å². The monoisotopic (exact) mass is 208 g/mol. The summed E-state index contributed by atoms with van der Waals surface area (Å²) in [6.07, 6.45) is 0. The van der Waals surface area contributed by atoms with Crippen molar-refractivity contribution in [3.63, 3.8) is 0 Å². The average Bonchev–Trinajstić information content (AvgIpc) is 2.15. The van der Waals surface area contributed by atoms with Gasteiger partial charge in [0.25, 0.3) is 0 Å². The maximum Gasteiger partial charge on any atom is 0.165 e. The first-order chi connectivity index (χ1) is 6.93. The molecule has 0 aromatic heterocycles.